The average molecular weight is 462 g/mol. The van der Waals surface area contributed by atoms with Gasteiger partial charge in [-0.3, -0.25) is 9.59 Å². The molecule has 1 aliphatic heterocycles. The van der Waals surface area contributed by atoms with Crippen molar-refractivity contribution in [1.82, 2.24) is 14.5 Å². The number of fused-ring (bicyclic) bond motifs is 1. The molecule has 1 N–H and O–H groups in total. The molecule has 0 spiro atoms. The first kappa shape index (κ1) is 22.7. The maximum absolute atomic E-state index is 12.8. The highest BCUT2D eigenvalue weighted by Gasteiger charge is 2.27. The van der Waals surface area contributed by atoms with Gasteiger partial charge in [-0.05, 0) is 23.5 Å². The number of hydrogen-bond acceptors (Lipinski definition) is 5. The van der Waals surface area contributed by atoms with Gasteiger partial charge < -0.3 is 14.8 Å². The molecule has 8 heteroatoms. The van der Waals surface area contributed by atoms with E-state index in [0.717, 1.165) is 21.8 Å². The largest absolute Gasteiger partial charge is 0.338 e. The predicted octanol–water partition coefficient (Wildman–Crippen LogP) is 4.00. The number of nitrogens with zero attached hydrogens (tertiary/aromatic N) is 4. The number of imidazole rings is 1. The number of benzene rings is 1. The van der Waals surface area contributed by atoms with Crippen molar-refractivity contribution in [3.05, 3.63) is 70.1 Å². The van der Waals surface area contributed by atoms with Crippen LogP contribution in [0.3, 0.4) is 0 Å². The number of carbonyl (C=O) groups excluding carboxylic acids is 2. The van der Waals surface area contributed by atoms with Gasteiger partial charge in [-0.1, -0.05) is 37.3 Å². The van der Waals surface area contributed by atoms with E-state index in [0.29, 0.717) is 49.3 Å². The number of carbonyl (C=O) groups is 2. The van der Waals surface area contributed by atoms with Crippen LogP contribution in [-0.2, 0) is 36.0 Å². The number of hydrogen-bond donors (Lipinski definition) is 1. The fourth-order valence-electron chi connectivity index (χ4n) is 4.19. The molecule has 0 bridgehead atoms. The standard InChI is InChI=1S/C25H27N5O2S/c1-17(18-6-4-3-5-7-18)14-23(31)28-25-20(15-26)19-10-12-30(16-21(19)33-25)24(32)9-8-22-27-11-13-29(22)2/h3-7,11,13,17H,8-10,12,14,16H2,1-2H3,(H,28,31). The Balaban J connectivity index is 1.40. The van der Waals surface area contributed by atoms with Crippen molar-refractivity contribution in [2.75, 3.05) is 11.9 Å². The molecule has 3 aromatic rings. The Morgan fingerprint density at radius 3 is 2.79 bits per heavy atom. The number of anilines is 1. The summed E-state index contributed by atoms with van der Waals surface area (Å²) in [5.74, 6) is 0.944. The number of thiophene rings is 1. The number of rotatable bonds is 7. The minimum atomic E-state index is -0.107. The number of aromatic nitrogens is 2. The van der Waals surface area contributed by atoms with E-state index in [1.165, 1.54) is 11.3 Å². The summed E-state index contributed by atoms with van der Waals surface area (Å²) in [4.78, 5) is 32.6. The van der Waals surface area contributed by atoms with Crippen LogP contribution in [0.25, 0.3) is 0 Å². The zero-order valence-corrected chi connectivity index (χ0v) is 19.7. The molecule has 33 heavy (non-hydrogen) atoms. The van der Waals surface area contributed by atoms with Crippen LogP contribution in [0.2, 0.25) is 0 Å². The van der Waals surface area contributed by atoms with E-state index < -0.39 is 0 Å². The Labute approximate surface area is 197 Å². The second-order valence-corrected chi connectivity index (χ2v) is 9.51. The highest BCUT2D eigenvalue weighted by Crippen LogP contribution is 2.37. The molecule has 0 aliphatic carbocycles. The minimum absolute atomic E-state index is 0.0813. The van der Waals surface area contributed by atoms with Crippen molar-refractivity contribution in [2.24, 2.45) is 7.05 Å². The summed E-state index contributed by atoms with van der Waals surface area (Å²) in [6.45, 7) is 3.08. The van der Waals surface area contributed by atoms with Crippen molar-refractivity contribution in [3.63, 3.8) is 0 Å². The molecule has 4 rings (SSSR count). The third-order valence-electron chi connectivity index (χ3n) is 6.12. The summed E-state index contributed by atoms with van der Waals surface area (Å²) in [6, 6.07) is 12.2. The molecule has 7 nitrogen and oxygen atoms in total. The summed E-state index contributed by atoms with van der Waals surface area (Å²) in [6.07, 6.45) is 5.57. The molecule has 0 saturated heterocycles. The lowest BCUT2D eigenvalue weighted by molar-refractivity contribution is -0.132. The van der Waals surface area contributed by atoms with Crippen LogP contribution in [0, 0.1) is 11.3 Å². The maximum atomic E-state index is 12.8. The number of nitrogens with one attached hydrogen (secondary N) is 1. The van der Waals surface area contributed by atoms with E-state index in [9.17, 15) is 14.9 Å². The highest BCUT2D eigenvalue weighted by atomic mass is 32.1. The minimum Gasteiger partial charge on any atom is -0.338 e. The summed E-state index contributed by atoms with van der Waals surface area (Å²) >= 11 is 1.41. The topological polar surface area (TPSA) is 91.0 Å². The Morgan fingerprint density at radius 1 is 1.30 bits per heavy atom. The summed E-state index contributed by atoms with van der Waals surface area (Å²) in [5.41, 5.74) is 2.61. The summed E-state index contributed by atoms with van der Waals surface area (Å²) in [7, 11) is 1.92. The van der Waals surface area contributed by atoms with E-state index in [2.05, 4.69) is 16.4 Å². The molecule has 170 valence electrons. The van der Waals surface area contributed by atoms with Crippen molar-refractivity contribution in [1.29, 1.82) is 5.26 Å². The fourth-order valence-corrected chi connectivity index (χ4v) is 5.42. The van der Waals surface area contributed by atoms with Gasteiger partial charge in [0.25, 0.3) is 0 Å². The van der Waals surface area contributed by atoms with Gasteiger partial charge in [0.2, 0.25) is 11.8 Å². The van der Waals surface area contributed by atoms with Crippen molar-refractivity contribution in [3.8, 4) is 6.07 Å². The fraction of sp³-hybridized carbons (Fsp3) is 0.360. The second kappa shape index (κ2) is 10.0. The second-order valence-electron chi connectivity index (χ2n) is 8.40. The van der Waals surface area contributed by atoms with Gasteiger partial charge in [-0.25, -0.2) is 4.98 Å². The predicted molar refractivity (Wildman–Crippen MR) is 128 cm³/mol. The first-order valence-corrected chi connectivity index (χ1v) is 11.9. The third kappa shape index (κ3) is 5.15. The molecule has 2 aromatic heterocycles. The van der Waals surface area contributed by atoms with Crippen LogP contribution < -0.4 is 5.32 Å². The molecule has 0 saturated carbocycles. The lowest BCUT2D eigenvalue weighted by atomic mass is 9.97. The number of nitriles is 1. The maximum Gasteiger partial charge on any atom is 0.225 e. The third-order valence-corrected chi connectivity index (χ3v) is 7.25. The van der Waals surface area contributed by atoms with E-state index in [1.54, 1.807) is 6.20 Å². The summed E-state index contributed by atoms with van der Waals surface area (Å²) < 4.78 is 1.92. The molecule has 0 fully saturated rings. The lowest BCUT2D eigenvalue weighted by Gasteiger charge is -2.27. The van der Waals surface area contributed by atoms with Crippen LogP contribution >= 0.6 is 11.3 Å². The van der Waals surface area contributed by atoms with E-state index in [1.807, 2.05) is 60.0 Å². The molecule has 0 radical (unpaired) electrons. The van der Waals surface area contributed by atoms with Gasteiger partial charge in [-0.2, -0.15) is 5.26 Å². The zero-order chi connectivity index (χ0) is 23.4. The number of amides is 2. The van der Waals surface area contributed by atoms with Crippen LogP contribution in [0.4, 0.5) is 5.00 Å². The normalized spacial score (nSPS) is 13.8. The zero-order valence-electron chi connectivity index (χ0n) is 18.9. The molecule has 1 aromatic carbocycles. The highest BCUT2D eigenvalue weighted by molar-refractivity contribution is 7.16. The number of aryl methyl sites for hydroxylation is 2. The molecule has 1 unspecified atom stereocenters. The van der Waals surface area contributed by atoms with Gasteiger partial charge in [0.05, 0.1) is 12.1 Å². The van der Waals surface area contributed by atoms with Gasteiger partial charge in [0.15, 0.2) is 0 Å². The van der Waals surface area contributed by atoms with Crippen LogP contribution in [0.1, 0.15) is 53.1 Å². The Kier molecular flexibility index (Phi) is 6.90. The summed E-state index contributed by atoms with van der Waals surface area (Å²) in [5, 5.41) is 13.3. The van der Waals surface area contributed by atoms with E-state index in [-0.39, 0.29) is 17.7 Å². The Hall–Kier alpha value is -3.44. The van der Waals surface area contributed by atoms with Crippen molar-refractivity contribution < 1.29 is 9.59 Å². The Bertz CT molecular complexity index is 1190. The van der Waals surface area contributed by atoms with E-state index in [4.69, 9.17) is 0 Å². The van der Waals surface area contributed by atoms with Crippen molar-refractivity contribution in [2.45, 2.75) is 45.1 Å². The first-order chi connectivity index (χ1) is 16.0. The molecule has 1 atom stereocenters. The quantitative estimate of drug-likeness (QED) is 0.576. The lowest BCUT2D eigenvalue weighted by Crippen LogP contribution is -2.35. The van der Waals surface area contributed by atoms with Gasteiger partial charge in [0.1, 0.15) is 16.9 Å². The van der Waals surface area contributed by atoms with Gasteiger partial charge >= 0.3 is 0 Å². The van der Waals surface area contributed by atoms with Crippen LogP contribution in [0.15, 0.2) is 42.7 Å². The first-order valence-electron chi connectivity index (χ1n) is 11.1. The Morgan fingerprint density at radius 2 is 2.09 bits per heavy atom. The molecule has 3 heterocycles. The molecule has 2 amide bonds. The van der Waals surface area contributed by atoms with Crippen molar-refractivity contribution >= 4 is 28.2 Å². The molecule has 1 aliphatic rings. The SMILES string of the molecule is CC(CC(=O)Nc1sc2c(c1C#N)CCN(C(=O)CCc1nccn1C)C2)c1ccccc1. The van der Waals surface area contributed by atoms with Gasteiger partial charge in [0, 0.05) is 50.1 Å². The molecular weight excluding hydrogens is 434 g/mol. The smallest absolute Gasteiger partial charge is 0.225 e. The average Bonchev–Trinajstić information content (AvgIpc) is 3.39. The van der Waals surface area contributed by atoms with Crippen LogP contribution in [-0.4, -0.2) is 32.8 Å². The van der Waals surface area contributed by atoms with E-state index >= 15 is 0 Å². The molecular formula is C25H27N5O2S. The van der Waals surface area contributed by atoms with Gasteiger partial charge in [-0.15, -0.1) is 11.3 Å². The monoisotopic (exact) mass is 461 g/mol. The van der Waals surface area contributed by atoms with Crippen LogP contribution in [0.5, 0.6) is 0 Å².